The Labute approximate surface area is 318 Å². The van der Waals surface area contributed by atoms with Crippen molar-refractivity contribution in [1.82, 2.24) is 0 Å². The molecule has 6 rings (SSSR count). The van der Waals surface area contributed by atoms with Gasteiger partial charge in [0.25, 0.3) is 0 Å². The van der Waals surface area contributed by atoms with Crippen LogP contribution < -0.4 is 16.2 Å². The monoisotopic (exact) mass is 712 g/mol. The maximum absolute atomic E-state index is 6.65. The van der Waals surface area contributed by atoms with Crippen molar-refractivity contribution in [1.29, 1.82) is 0 Å². The quantitative estimate of drug-likeness (QED) is 0.0658. The molecule has 0 amide bonds. The smallest absolute Gasteiger partial charge is 0.135 e. The van der Waals surface area contributed by atoms with Gasteiger partial charge in [0.15, 0.2) is 0 Å². The zero-order chi connectivity index (χ0) is 36.8. The number of nitrogens with two attached hydrogens (primary N) is 2. The van der Waals surface area contributed by atoms with E-state index in [1.165, 1.54) is 54.9 Å². The Balaban J connectivity index is 0.954. The molecule has 5 nitrogen and oxygen atoms in total. The number of hydrogen-bond donors (Lipinski definition) is 2. The van der Waals surface area contributed by atoms with E-state index < -0.39 is 0 Å². The van der Waals surface area contributed by atoms with Crippen LogP contribution in [0.4, 0.5) is 0 Å². The summed E-state index contributed by atoms with van der Waals surface area (Å²) in [6.45, 7) is 5.41. The van der Waals surface area contributed by atoms with Gasteiger partial charge in [0.2, 0.25) is 0 Å². The number of ether oxygens (including phenoxy) is 3. The fourth-order valence-corrected chi connectivity index (χ4v) is 8.22. The Bertz CT molecular complexity index is 1750. The van der Waals surface area contributed by atoms with E-state index in [9.17, 15) is 0 Å². The average molecular weight is 713 g/mol. The summed E-state index contributed by atoms with van der Waals surface area (Å²) in [5.74, 6) is 2.48. The first-order chi connectivity index (χ1) is 26.0. The van der Waals surface area contributed by atoms with E-state index >= 15 is 0 Å². The van der Waals surface area contributed by atoms with Crippen molar-refractivity contribution in [2.45, 2.75) is 103 Å². The van der Waals surface area contributed by atoms with Crippen LogP contribution in [0.5, 0.6) is 5.75 Å². The maximum Gasteiger partial charge on any atom is 0.135 e. The summed E-state index contributed by atoms with van der Waals surface area (Å²) in [5.41, 5.74) is 19.0. The predicted molar refractivity (Wildman–Crippen MR) is 221 cm³/mol. The maximum atomic E-state index is 6.65. The van der Waals surface area contributed by atoms with E-state index in [1.54, 1.807) is 0 Å². The Hall–Kier alpha value is -4.00. The lowest BCUT2D eigenvalue weighted by Crippen LogP contribution is -2.34. The highest BCUT2D eigenvalue weighted by Gasteiger charge is 2.27. The second kappa shape index (κ2) is 19.9. The highest BCUT2D eigenvalue weighted by molar-refractivity contribution is 5.83. The molecule has 280 valence electrons. The molecule has 1 aliphatic rings. The number of para-hydroxylation sites is 1. The first-order valence-corrected chi connectivity index (χ1v) is 20.1. The molecule has 4 N–H and O–H groups in total. The van der Waals surface area contributed by atoms with Crippen molar-refractivity contribution in [2.24, 2.45) is 23.3 Å². The van der Waals surface area contributed by atoms with Crippen LogP contribution in [-0.2, 0) is 9.47 Å². The van der Waals surface area contributed by atoms with E-state index in [0.717, 1.165) is 53.7 Å². The molecule has 5 aromatic rings. The van der Waals surface area contributed by atoms with Gasteiger partial charge >= 0.3 is 0 Å². The standard InChI is InChI=1S/C48H60N2O3/c1-3-4-14-37(32-36-23-27-43(28-24-36)53-47(50)31-35(2)41-26-25-38-15-11-12-20-42(38)34-41)33-46(49)51-29-30-52-48-44(39-16-7-5-8-17-39)21-13-22-45(48)40-18-9-6-10-19-40/h5-13,15-22,25-26,34-37,43,46-47H,3-4,14,23-24,27-33,49-50H2,1-2H3. The second-order valence-electron chi connectivity index (χ2n) is 15.2. The van der Waals surface area contributed by atoms with E-state index in [4.69, 9.17) is 25.7 Å². The fourth-order valence-electron chi connectivity index (χ4n) is 8.22. The van der Waals surface area contributed by atoms with Gasteiger partial charge in [-0.25, -0.2) is 0 Å². The van der Waals surface area contributed by atoms with Gasteiger partial charge in [-0.3, -0.25) is 0 Å². The molecule has 0 spiro atoms. The third-order valence-electron chi connectivity index (χ3n) is 11.1. The van der Waals surface area contributed by atoms with Crippen molar-refractivity contribution >= 4 is 10.8 Å². The molecule has 5 aromatic carbocycles. The molecule has 1 aliphatic carbocycles. The number of benzene rings is 5. The summed E-state index contributed by atoms with van der Waals surface area (Å²) in [6.07, 6.45) is 10.8. The summed E-state index contributed by atoms with van der Waals surface area (Å²) in [7, 11) is 0. The van der Waals surface area contributed by atoms with Crippen molar-refractivity contribution in [3.05, 3.63) is 127 Å². The third kappa shape index (κ3) is 11.3. The molecule has 4 unspecified atom stereocenters. The number of fused-ring (bicyclic) bond motifs is 1. The van der Waals surface area contributed by atoms with Crippen LogP contribution in [0.15, 0.2) is 121 Å². The molecule has 0 saturated heterocycles. The topological polar surface area (TPSA) is 79.7 Å². The van der Waals surface area contributed by atoms with Crippen molar-refractivity contribution in [2.75, 3.05) is 13.2 Å². The number of unbranched alkanes of at least 4 members (excludes halogenated alkanes) is 1. The summed E-state index contributed by atoms with van der Waals surface area (Å²) in [6, 6.07) is 42.5. The first-order valence-electron chi connectivity index (χ1n) is 20.1. The van der Waals surface area contributed by atoms with Crippen LogP contribution in [0, 0.1) is 11.8 Å². The minimum absolute atomic E-state index is 0.244. The highest BCUT2D eigenvalue weighted by atomic mass is 16.5. The second-order valence-corrected chi connectivity index (χ2v) is 15.2. The lowest BCUT2D eigenvalue weighted by molar-refractivity contribution is -0.0413. The molecule has 0 aliphatic heterocycles. The van der Waals surface area contributed by atoms with Crippen LogP contribution in [0.1, 0.15) is 89.5 Å². The molecule has 0 heterocycles. The van der Waals surface area contributed by atoms with Crippen LogP contribution in [0.3, 0.4) is 0 Å². The summed E-state index contributed by atoms with van der Waals surface area (Å²) >= 11 is 0. The summed E-state index contributed by atoms with van der Waals surface area (Å²) < 4.78 is 19.2. The average Bonchev–Trinajstić information content (AvgIpc) is 3.19. The molecule has 1 saturated carbocycles. The molecular formula is C48H60N2O3. The zero-order valence-corrected chi connectivity index (χ0v) is 31.9. The number of rotatable bonds is 19. The van der Waals surface area contributed by atoms with Crippen LogP contribution >= 0.6 is 0 Å². The van der Waals surface area contributed by atoms with Crippen LogP contribution in [-0.4, -0.2) is 31.8 Å². The third-order valence-corrected chi connectivity index (χ3v) is 11.1. The molecule has 53 heavy (non-hydrogen) atoms. The minimum atomic E-state index is -0.305. The Morgan fingerprint density at radius 3 is 1.96 bits per heavy atom. The lowest BCUT2D eigenvalue weighted by Gasteiger charge is -2.33. The molecule has 5 heteroatoms. The zero-order valence-electron chi connectivity index (χ0n) is 31.9. The van der Waals surface area contributed by atoms with E-state index in [2.05, 4.69) is 123 Å². The predicted octanol–water partition coefficient (Wildman–Crippen LogP) is 11.5. The van der Waals surface area contributed by atoms with Gasteiger partial charge in [-0.05, 0) is 90.2 Å². The van der Waals surface area contributed by atoms with Crippen molar-refractivity contribution in [3.63, 3.8) is 0 Å². The molecule has 4 atom stereocenters. The lowest BCUT2D eigenvalue weighted by atomic mass is 9.79. The Kier molecular flexibility index (Phi) is 14.5. The summed E-state index contributed by atoms with van der Waals surface area (Å²) in [4.78, 5) is 0. The molecule has 1 fully saturated rings. The summed E-state index contributed by atoms with van der Waals surface area (Å²) in [5, 5.41) is 2.55. The van der Waals surface area contributed by atoms with Gasteiger partial charge < -0.3 is 25.7 Å². The van der Waals surface area contributed by atoms with Crippen molar-refractivity contribution in [3.8, 4) is 28.0 Å². The van der Waals surface area contributed by atoms with Crippen LogP contribution in [0.25, 0.3) is 33.0 Å². The first kappa shape index (κ1) is 38.7. The molecule has 0 bridgehead atoms. The van der Waals surface area contributed by atoms with E-state index in [-0.39, 0.29) is 18.6 Å². The van der Waals surface area contributed by atoms with Gasteiger partial charge in [0, 0.05) is 11.1 Å². The highest BCUT2D eigenvalue weighted by Crippen LogP contribution is 2.39. The minimum Gasteiger partial charge on any atom is -0.490 e. The fraction of sp³-hybridized carbons (Fsp3) is 0.417. The van der Waals surface area contributed by atoms with Gasteiger partial charge in [0.05, 0.1) is 12.7 Å². The normalized spacial score (nSPS) is 18.3. The van der Waals surface area contributed by atoms with Crippen molar-refractivity contribution < 1.29 is 14.2 Å². The van der Waals surface area contributed by atoms with E-state index in [1.807, 2.05) is 12.1 Å². The Morgan fingerprint density at radius 1 is 0.660 bits per heavy atom. The van der Waals surface area contributed by atoms with Gasteiger partial charge in [-0.1, -0.05) is 154 Å². The Morgan fingerprint density at radius 2 is 1.30 bits per heavy atom. The molecule has 0 aromatic heterocycles. The van der Waals surface area contributed by atoms with Crippen LogP contribution in [0.2, 0.25) is 0 Å². The van der Waals surface area contributed by atoms with Gasteiger partial charge in [-0.15, -0.1) is 0 Å². The SMILES string of the molecule is CCCCC(CC1CCC(OC(N)CC(C)c2ccc3ccccc3c2)CC1)CC(N)OCCOc1c(-c2ccccc2)cccc1-c1ccccc1. The molecule has 0 radical (unpaired) electrons. The van der Waals surface area contributed by atoms with Gasteiger partial charge in [-0.2, -0.15) is 0 Å². The molecular weight excluding hydrogens is 653 g/mol. The number of hydrogen-bond acceptors (Lipinski definition) is 5. The largest absolute Gasteiger partial charge is 0.490 e. The van der Waals surface area contributed by atoms with E-state index in [0.29, 0.717) is 31.0 Å². The van der Waals surface area contributed by atoms with Gasteiger partial charge in [0.1, 0.15) is 24.8 Å².